The lowest BCUT2D eigenvalue weighted by Gasteiger charge is -2.24. The first-order valence-corrected chi connectivity index (χ1v) is 11.9. The third kappa shape index (κ3) is 4.45. The normalized spacial score (nSPS) is 23.6. The Morgan fingerprint density at radius 1 is 1.20 bits per heavy atom. The monoisotopic (exact) mass is 472 g/mol. The predicted molar refractivity (Wildman–Crippen MR) is 112 cm³/mol. The van der Waals surface area contributed by atoms with Crippen molar-refractivity contribution in [3.05, 3.63) is 59.1 Å². The van der Waals surface area contributed by atoms with E-state index in [9.17, 15) is 22.0 Å². The first-order valence-electron chi connectivity index (χ1n) is 8.83. The number of ether oxygens (including phenoxy) is 1. The maximum atomic E-state index is 14.4. The largest absolute Gasteiger partial charge is 0.484 e. The molecule has 0 unspecified atom stereocenters. The molecule has 6 nitrogen and oxygen atoms in total. The molecule has 2 aliphatic heterocycles. The molecular formula is C19H15ClF2N2O4S2. The van der Waals surface area contributed by atoms with Gasteiger partial charge in [-0.2, -0.15) is 4.99 Å². The third-order valence-electron chi connectivity index (χ3n) is 4.63. The van der Waals surface area contributed by atoms with Gasteiger partial charge in [0.25, 0.3) is 5.91 Å². The molecule has 2 atom stereocenters. The van der Waals surface area contributed by atoms with Crippen LogP contribution in [0.2, 0.25) is 5.02 Å². The lowest BCUT2D eigenvalue weighted by Crippen LogP contribution is -2.38. The van der Waals surface area contributed by atoms with Gasteiger partial charge in [-0.3, -0.25) is 4.79 Å². The summed E-state index contributed by atoms with van der Waals surface area (Å²) in [5.41, 5.74) is -0.0290. The molecule has 4 rings (SSSR count). The van der Waals surface area contributed by atoms with Gasteiger partial charge in [-0.05, 0) is 36.4 Å². The zero-order valence-electron chi connectivity index (χ0n) is 15.3. The predicted octanol–water partition coefficient (Wildman–Crippen LogP) is 3.30. The van der Waals surface area contributed by atoms with Gasteiger partial charge >= 0.3 is 0 Å². The van der Waals surface area contributed by atoms with Crippen LogP contribution < -0.4 is 9.64 Å². The summed E-state index contributed by atoms with van der Waals surface area (Å²) in [7, 11) is -3.30. The summed E-state index contributed by atoms with van der Waals surface area (Å²) < 4.78 is 57.3. The number of halogens is 3. The van der Waals surface area contributed by atoms with Crippen molar-refractivity contribution in [2.24, 2.45) is 4.99 Å². The Kier molecular flexibility index (Phi) is 5.73. The molecule has 2 fully saturated rings. The summed E-state index contributed by atoms with van der Waals surface area (Å²) in [6.45, 7) is -0.362. The number of fused-ring (bicyclic) bond motifs is 1. The van der Waals surface area contributed by atoms with Crippen molar-refractivity contribution in [1.29, 1.82) is 0 Å². The molecule has 1 amide bonds. The number of benzene rings is 2. The number of thioether (sulfide) groups is 1. The minimum absolute atomic E-state index is 0.0290. The number of rotatable bonds is 4. The molecule has 158 valence electrons. The molecule has 0 N–H and O–H groups in total. The van der Waals surface area contributed by atoms with E-state index in [1.54, 1.807) is 24.3 Å². The average Bonchev–Trinajstić information content (AvgIpc) is 3.13. The van der Waals surface area contributed by atoms with Crippen LogP contribution in [0.5, 0.6) is 5.75 Å². The molecule has 0 bridgehead atoms. The fraction of sp³-hybridized carbons (Fsp3) is 0.263. The number of carbonyl (C=O) groups is 1. The first kappa shape index (κ1) is 21.1. The molecule has 2 heterocycles. The molecule has 2 aliphatic rings. The Morgan fingerprint density at radius 2 is 1.93 bits per heavy atom. The van der Waals surface area contributed by atoms with Crippen LogP contribution in [0, 0.1) is 11.6 Å². The van der Waals surface area contributed by atoms with E-state index in [1.165, 1.54) is 11.0 Å². The highest BCUT2D eigenvalue weighted by Crippen LogP contribution is 2.41. The fourth-order valence-corrected chi connectivity index (χ4v) is 7.39. The van der Waals surface area contributed by atoms with E-state index in [4.69, 9.17) is 16.3 Å². The third-order valence-corrected chi connectivity index (χ3v) is 8.09. The Morgan fingerprint density at radius 3 is 2.63 bits per heavy atom. The smallest absolute Gasteiger partial charge is 0.285 e. The van der Waals surface area contributed by atoms with Crippen LogP contribution >= 0.6 is 23.4 Å². The lowest BCUT2D eigenvalue weighted by molar-refractivity contribution is -0.119. The van der Waals surface area contributed by atoms with Crippen molar-refractivity contribution in [3.63, 3.8) is 0 Å². The fourth-order valence-electron chi connectivity index (χ4n) is 3.34. The van der Waals surface area contributed by atoms with Crippen molar-refractivity contribution in [2.45, 2.75) is 11.3 Å². The highest BCUT2D eigenvalue weighted by atomic mass is 35.5. The van der Waals surface area contributed by atoms with Gasteiger partial charge in [-0.15, -0.1) is 0 Å². The van der Waals surface area contributed by atoms with Gasteiger partial charge in [0.1, 0.15) is 17.4 Å². The van der Waals surface area contributed by atoms with Gasteiger partial charge in [-0.25, -0.2) is 17.2 Å². The summed E-state index contributed by atoms with van der Waals surface area (Å²) in [5, 5.41) is 0.285. The van der Waals surface area contributed by atoms with E-state index in [2.05, 4.69) is 4.99 Å². The minimum atomic E-state index is -3.30. The van der Waals surface area contributed by atoms with Crippen LogP contribution in [-0.2, 0) is 14.6 Å². The first-order chi connectivity index (χ1) is 14.2. The van der Waals surface area contributed by atoms with E-state index in [0.29, 0.717) is 16.8 Å². The van der Waals surface area contributed by atoms with Crippen LogP contribution in [0.15, 0.2) is 47.5 Å². The van der Waals surface area contributed by atoms with E-state index in [0.717, 1.165) is 17.8 Å². The standard InChI is InChI=1S/C19H15ClF2N2O4S2/c20-11-1-4-13(5-2-11)28-8-18(25)23-19-24(15-6-3-12(21)7-14(15)22)16-9-30(26,27)10-17(16)29-19/h1-7,16-17H,8-10H2/t16-,17+/m0/s1. The molecule has 11 heteroatoms. The Bertz CT molecular complexity index is 1130. The van der Waals surface area contributed by atoms with E-state index in [-0.39, 0.29) is 29.0 Å². The molecule has 2 aromatic carbocycles. The van der Waals surface area contributed by atoms with Crippen LogP contribution in [0.25, 0.3) is 0 Å². The summed E-state index contributed by atoms with van der Waals surface area (Å²) in [6, 6.07) is 8.82. The van der Waals surface area contributed by atoms with Crippen LogP contribution in [0.1, 0.15) is 0 Å². The molecule has 0 aromatic heterocycles. The molecule has 0 aliphatic carbocycles. The number of aliphatic imine (C=N–C) groups is 1. The second kappa shape index (κ2) is 8.16. The number of carbonyl (C=O) groups excluding carboxylic acids is 1. The molecular weight excluding hydrogens is 458 g/mol. The lowest BCUT2D eigenvalue weighted by atomic mass is 10.2. The van der Waals surface area contributed by atoms with Crippen LogP contribution in [-0.4, -0.2) is 48.9 Å². The van der Waals surface area contributed by atoms with Gasteiger partial charge in [0.2, 0.25) is 0 Å². The quantitative estimate of drug-likeness (QED) is 0.679. The maximum absolute atomic E-state index is 14.4. The van der Waals surface area contributed by atoms with Crippen molar-refractivity contribution in [3.8, 4) is 5.75 Å². The SMILES string of the molecule is O=C(COc1ccc(Cl)cc1)N=C1S[C@@H]2CS(=O)(=O)C[C@@H]2N1c1ccc(F)cc1F. The van der Waals surface area contributed by atoms with Crippen LogP contribution in [0.4, 0.5) is 14.5 Å². The molecule has 0 radical (unpaired) electrons. The topological polar surface area (TPSA) is 76.0 Å². The summed E-state index contributed by atoms with van der Waals surface area (Å²) in [6.07, 6.45) is 0. The second-order valence-electron chi connectivity index (χ2n) is 6.80. The van der Waals surface area contributed by atoms with Crippen molar-refractivity contribution >= 4 is 50.0 Å². The number of amidine groups is 1. The number of hydrogen-bond acceptors (Lipinski definition) is 5. The number of anilines is 1. The number of nitrogens with zero attached hydrogens (tertiary/aromatic N) is 2. The minimum Gasteiger partial charge on any atom is -0.484 e. The summed E-state index contributed by atoms with van der Waals surface area (Å²) in [4.78, 5) is 17.7. The molecule has 2 saturated heterocycles. The summed E-state index contributed by atoms with van der Waals surface area (Å²) >= 11 is 6.90. The number of sulfone groups is 1. The Labute approximate surface area is 180 Å². The second-order valence-corrected chi connectivity index (χ2v) is 10.6. The van der Waals surface area contributed by atoms with Crippen LogP contribution in [0.3, 0.4) is 0 Å². The van der Waals surface area contributed by atoms with Crippen molar-refractivity contribution < 1.29 is 26.7 Å². The molecule has 30 heavy (non-hydrogen) atoms. The van der Waals surface area contributed by atoms with E-state index >= 15 is 0 Å². The summed E-state index contributed by atoms with van der Waals surface area (Å²) in [5.74, 6) is -2.12. The van der Waals surface area contributed by atoms with E-state index in [1.807, 2.05) is 0 Å². The van der Waals surface area contributed by atoms with Gasteiger partial charge < -0.3 is 9.64 Å². The number of amides is 1. The van der Waals surface area contributed by atoms with Gasteiger partial charge in [0, 0.05) is 16.3 Å². The average molecular weight is 473 g/mol. The van der Waals surface area contributed by atoms with E-state index < -0.39 is 38.7 Å². The van der Waals surface area contributed by atoms with Gasteiger partial charge in [-0.1, -0.05) is 23.4 Å². The molecule has 0 saturated carbocycles. The van der Waals surface area contributed by atoms with Gasteiger partial charge in [0.05, 0.1) is 23.2 Å². The van der Waals surface area contributed by atoms with Crippen molar-refractivity contribution in [2.75, 3.05) is 23.0 Å². The van der Waals surface area contributed by atoms with Crippen molar-refractivity contribution in [1.82, 2.24) is 0 Å². The maximum Gasteiger partial charge on any atom is 0.285 e. The zero-order valence-corrected chi connectivity index (χ0v) is 17.7. The Hall–Kier alpha value is -2.17. The number of hydrogen-bond donors (Lipinski definition) is 0. The Balaban J connectivity index is 1.58. The molecule has 0 spiro atoms. The highest BCUT2D eigenvalue weighted by Gasteiger charge is 2.50. The molecule has 2 aromatic rings. The van der Waals surface area contributed by atoms with Gasteiger partial charge in [0.15, 0.2) is 21.6 Å². The highest BCUT2D eigenvalue weighted by molar-refractivity contribution is 8.16. The zero-order chi connectivity index (χ0) is 21.5.